The molecule has 1 aromatic carbocycles. The van der Waals surface area contributed by atoms with Crippen LogP contribution in [0.25, 0.3) is 0 Å². The molecule has 1 aliphatic carbocycles. The van der Waals surface area contributed by atoms with E-state index < -0.39 is 14.9 Å². The third kappa shape index (κ3) is 5.49. The highest BCUT2D eigenvalue weighted by molar-refractivity contribution is 7.89. The molecule has 0 unspecified atom stereocenters. The van der Waals surface area contributed by atoms with Crippen molar-refractivity contribution >= 4 is 21.4 Å². The predicted molar refractivity (Wildman–Crippen MR) is 127 cm³/mol. The van der Waals surface area contributed by atoms with Gasteiger partial charge in [0.2, 0.25) is 10.0 Å². The van der Waals surface area contributed by atoms with Crippen LogP contribution in [-0.2, 0) is 29.5 Å². The Bertz CT molecular complexity index is 1200. The molecule has 0 atom stereocenters. The number of nitro groups is 1. The summed E-state index contributed by atoms with van der Waals surface area (Å²) in [6.07, 6.45) is 6.81. The molecule has 0 saturated heterocycles. The highest BCUT2D eigenvalue weighted by Crippen LogP contribution is 2.29. The van der Waals surface area contributed by atoms with Crippen molar-refractivity contribution in [2.24, 2.45) is 5.92 Å². The number of sulfonamides is 1. The zero-order valence-electron chi connectivity index (χ0n) is 19.4. The Morgan fingerprint density at radius 1 is 1.21 bits per heavy atom. The van der Waals surface area contributed by atoms with E-state index in [4.69, 9.17) is 0 Å². The number of aryl methyl sites for hydroxylation is 2. The normalized spacial score (nSPS) is 20.6. The second-order valence-electron chi connectivity index (χ2n) is 9.33. The fraction of sp³-hybridized carbons (Fsp3) is 0.636. The highest BCUT2D eigenvalue weighted by atomic mass is 32.2. The van der Waals surface area contributed by atoms with Gasteiger partial charge in [-0.05, 0) is 63.0 Å². The van der Waals surface area contributed by atoms with E-state index in [0.29, 0.717) is 32.0 Å². The molecule has 2 N–H and O–H groups in total. The maximum Gasteiger partial charge on any atom is 0.345 e. The van der Waals surface area contributed by atoms with Gasteiger partial charge in [0.05, 0.1) is 9.82 Å². The van der Waals surface area contributed by atoms with Crippen molar-refractivity contribution in [2.75, 3.05) is 11.9 Å². The molecule has 2 heterocycles. The fourth-order valence-electron chi connectivity index (χ4n) is 4.69. The smallest absolute Gasteiger partial charge is 0.345 e. The third-order valence-corrected chi connectivity index (χ3v) is 8.23. The molecular weight excluding hydrogens is 460 g/mol. The molecule has 2 aliphatic rings. The van der Waals surface area contributed by atoms with E-state index in [9.17, 15) is 23.3 Å². The first kappa shape index (κ1) is 24.4. The van der Waals surface area contributed by atoms with Gasteiger partial charge in [-0.1, -0.05) is 6.92 Å². The molecule has 4 rings (SSSR count). The van der Waals surface area contributed by atoms with Crippen LogP contribution in [0.2, 0.25) is 0 Å². The summed E-state index contributed by atoms with van der Waals surface area (Å²) in [6, 6.07) is 3.77. The summed E-state index contributed by atoms with van der Waals surface area (Å²) < 4.78 is 31.5. The summed E-state index contributed by atoms with van der Waals surface area (Å²) in [5, 5.41) is 19.0. The summed E-state index contributed by atoms with van der Waals surface area (Å²) >= 11 is 0. The number of anilines is 1. The Morgan fingerprint density at radius 2 is 1.97 bits per heavy atom. The lowest BCUT2D eigenvalue weighted by atomic mass is 9.88. The van der Waals surface area contributed by atoms with Crippen LogP contribution in [0.5, 0.6) is 0 Å². The van der Waals surface area contributed by atoms with Gasteiger partial charge in [-0.2, -0.15) is 5.10 Å². The predicted octanol–water partition coefficient (Wildman–Crippen LogP) is 2.65. The van der Waals surface area contributed by atoms with E-state index in [0.717, 1.165) is 56.8 Å². The number of nitrogens with one attached hydrogen (secondary N) is 2. The lowest BCUT2D eigenvalue weighted by Gasteiger charge is -2.26. The second-order valence-corrected chi connectivity index (χ2v) is 11.0. The lowest BCUT2D eigenvalue weighted by molar-refractivity contribution is -0.384. The van der Waals surface area contributed by atoms with Crippen LogP contribution >= 0.6 is 0 Å². The van der Waals surface area contributed by atoms with Crippen LogP contribution < -0.4 is 15.7 Å². The van der Waals surface area contributed by atoms with Crippen molar-refractivity contribution in [3.63, 3.8) is 0 Å². The average Bonchev–Trinajstić information content (AvgIpc) is 3.13. The van der Waals surface area contributed by atoms with E-state index in [1.165, 1.54) is 16.8 Å². The van der Waals surface area contributed by atoms with Gasteiger partial charge in [0, 0.05) is 38.2 Å². The summed E-state index contributed by atoms with van der Waals surface area (Å²) in [4.78, 5) is 23.3. The van der Waals surface area contributed by atoms with Gasteiger partial charge >= 0.3 is 5.69 Å². The number of nitro benzene ring substituents is 1. The van der Waals surface area contributed by atoms with Crippen LogP contribution in [0.3, 0.4) is 0 Å². The summed E-state index contributed by atoms with van der Waals surface area (Å²) in [5.74, 6) is 1.40. The van der Waals surface area contributed by atoms with Crippen molar-refractivity contribution in [1.82, 2.24) is 19.1 Å². The third-order valence-electron chi connectivity index (χ3n) is 6.71. The average molecular weight is 493 g/mol. The monoisotopic (exact) mass is 492 g/mol. The first-order chi connectivity index (χ1) is 16.2. The molecule has 186 valence electrons. The van der Waals surface area contributed by atoms with E-state index in [2.05, 4.69) is 22.1 Å². The summed E-state index contributed by atoms with van der Waals surface area (Å²) in [6.45, 7) is 3.62. The molecule has 12 heteroatoms. The quantitative estimate of drug-likeness (QED) is 0.311. The topological polar surface area (TPSA) is 141 Å². The molecule has 0 radical (unpaired) electrons. The van der Waals surface area contributed by atoms with Crippen LogP contribution in [0.15, 0.2) is 27.9 Å². The van der Waals surface area contributed by atoms with Gasteiger partial charge in [-0.25, -0.2) is 22.6 Å². The maximum atomic E-state index is 12.8. The van der Waals surface area contributed by atoms with Gasteiger partial charge < -0.3 is 5.32 Å². The van der Waals surface area contributed by atoms with Crippen LogP contribution in [0.4, 0.5) is 11.4 Å². The zero-order chi connectivity index (χ0) is 24.3. The molecule has 34 heavy (non-hydrogen) atoms. The van der Waals surface area contributed by atoms with Gasteiger partial charge in [-0.15, -0.1) is 0 Å². The molecule has 1 aliphatic heterocycles. The van der Waals surface area contributed by atoms with Crippen LogP contribution in [-0.4, -0.2) is 40.3 Å². The first-order valence-electron chi connectivity index (χ1n) is 12.0. The minimum absolute atomic E-state index is 0.112. The molecule has 1 aromatic heterocycles. The lowest BCUT2D eigenvalue weighted by Crippen LogP contribution is -2.37. The first-order valence-corrected chi connectivity index (χ1v) is 13.4. The van der Waals surface area contributed by atoms with E-state index in [1.54, 1.807) is 4.57 Å². The molecular formula is C22H32N6O5S. The summed E-state index contributed by atoms with van der Waals surface area (Å²) in [7, 11) is -3.85. The number of fused-ring (bicyclic) bond motifs is 1. The Morgan fingerprint density at radius 3 is 2.68 bits per heavy atom. The Kier molecular flexibility index (Phi) is 7.36. The number of nitrogens with zero attached hydrogens (tertiary/aromatic N) is 4. The fourth-order valence-corrected chi connectivity index (χ4v) is 6.02. The van der Waals surface area contributed by atoms with Crippen molar-refractivity contribution in [2.45, 2.75) is 82.3 Å². The number of rotatable bonds is 9. The van der Waals surface area contributed by atoms with E-state index >= 15 is 0 Å². The SMILES string of the molecule is CC1CCC(NS(=O)(=O)c2ccc(NCCCn3nc4n(c3=O)CCCC4)c([N+](=O)[O-])c2)CC1. The van der Waals surface area contributed by atoms with Gasteiger partial charge in [-0.3, -0.25) is 14.7 Å². The molecule has 1 fully saturated rings. The zero-order valence-corrected chi connectivity index (χ0v) is 20.2. The van der Waals surface area contributed by atoms with Gasteiger partial charge in [0.1, 0.15) is 11.5 Å². The summed E-state index contributed by atoms with van der Waals surface area (Å²) in [5.41, 5.74) is -0.170. The Hall–Kier alpha value is -2.73. The van der Waals surface area contributed by atoms with Crippen molar-refractivity contribution in [3.05, 3.63) is 44.6 Å². The van der Waals surface area contributed by atoms with Crippen molar-refractivity contribution in [1.29, 1.82) is 0 Å². The number of hydrogen-bond acceptors (Lipinski definition) is 7. The van der Waals surface area contributed by atoms with Crippen LogP contribution in [0, 0.1) is 16.0 Å². The Labute approximate surface area is 198 Å². The maximum absolute atomic E-state index is 12.8. The largest absolute Gasteiger partial charge is 0.379 e. The number of aromatic nitrogens is 3. The number of benzene rings is 1. The Balaban J connectivity index is 1.38. The molecule has 0 amide bonds. The number of hydrogen-bond donors (Lipinski definition) is 2. The van der Waals surface area contributed by atoms with Crippen LogP contribution in [0.1, 0.15) is 57.7 Å². The standard InChI is InChI=1S/C22H32N6O5S/c1-16-6-8-17(9-7-16)25-34(32,33)18-10-11-19(20(15-18)28(30)31)23-12-4-14-27-22(29)26-13-3-2-5-21(26)24-27/h10-11,15-17,23,25H,2-9,12-14H2,1H3. The van der Waals surface area contributed by atoms with E-state index in [1.807, 2.05) is 0 Å². The molecule has 0 spiro atoms. The minimum Gasteiger partial charge on any atom is -0.379 e. The van der Waals surface area contributed by atoms with E-state index in [-0.39, 0.29) is 28.0 Å². The van der Waals surface area contributed by atoms with Crippen molar-refractivity contribution < 1.29 is 13.3 Å². The minimum atomic E-state index is -3.85. The van der Waals surface area contributed by atoms with Gasteiger partial charge in [0.15, 0.2) is 0 Å². The molecule has 1 saturated carbocycles. The van der Waals surface area contributed by atoms with Crippen molar-refractivity contribution in [3.8, 4) is 0 Å². The molecule has 0 bridgehead atoms. The van der Waals surface area contributed by atoms with Gasteiger partial charge in [0.25, 0.3) is 5.69 Å². The molecule has 2 aromatic rings. The molecule has 11 nitrogen and oxygen atoms in total. The second kappa shape index (κ2) is 10.3. The highest BCUT2D eigenvalue weighted by Gasteiger charge is 2.26.